The van der Waals surface area contributed by atoms with E-state index in [0.29, 0.717) is 17.8 Å². The lowest BCUT2D eigenvalue weighted by molar-refractivity contribution is -0.134. The van der Waals surface area contributed by atoms with E-state index in [1.165, 1.54) is 0 Å². The van der Waals surface area contributed by atoms with Crippen molar-refractivity contribution in [3.05, 3.63) is 66.6 Å². The smallest absolute Gasteiger partial charge is 0.354 e. The third-order valence-electron chi connectivity index (χ3n) is 3.24. The molecule has 0 saturated carbocycles. The van der Waals surface area contributed by atoms with Gasteiger partial charge in [-0.25, -0.2) is 14.4 Å². The van der Waals surface area contributed by atoms with E-state index in [-0.39, 0.29) is 5.69 Å². The van der Waals surface area contributed by atoms with Gasteiger partial charge in [-0.05, 0) is 18.2 Å². The topological polar surface area (TPSA) is 153 Å². The lowest BCUT2D eigenvalue weighted by Crippen LogP contribution is -2.01. The first kappa shape index (κ1) is 19.2. The van der Waals surface area contributed by atoms with Crippen molar-refractivity contribution < 1.29 is 29.7 Å². The van der Waals surface area contributed by atoms with E-state index >= 15 is 0 Å². The highest BCUT2D eigenvalue weighted by atomic mass is 16.4. The lowest BCUT2D eigenvalue weighted by Gasteiger charge is -2.05. The minimum absolute atomic E-state index is 0.151. The van der Waals surface area contributed by atoms with E-state index < -0.39 is 17.9 Å². The fourth-order valence-electron chi connectivity index (χ4n) is 2.15. The van der Waals surface area contributed by atoms with Crippen molar-refractivity contribution in [2.75, 3.05) is 5.32 Å². The van der Waals surface area contributed by atoms with Crippen LogP contribution in [0.3, 0.4) is 0 Å². The molecule has 2 aromatic heterocycles. The molecule has 0 aliphatic carbocycles. The average Bonchev–Trinajstić information content (AvgIpc) is 3.00. The number of anilines is 2. The average molecular weight is 369 g/mol. The van der Waals surface area contributed by atoms with Crippen molar-refractivity contribution in [2.45, 2.75) is 0 Å². The van der Waals surface area contributed by atoms with Gasteiger partial charge in [0, 0.05) is 41.1 Å². The zero-order chi connectivity index (χ0) is 19.8. The first-order valence-electron chi connectivity index (χ1n) is 7.53. The predicted molar refractivity (Wildman–Crippen MR) is 97.2 cm³/mol. The predicted octanol–water partition coefficient (Wildman–Crippen LogP) is 2.72. The molecule has 3 rings (SSSR count). The number of carboxylic acid groups (broad SMARTS) is 3. The second-order valence-electron chi connectivity index (χ2n) is 5.10. The number of aromatic amines is 1. The summed E-state index contributed by atoms with van der Waals surface area (Å²) >= 11 is 0. The molecule has 0 spiro atoms. The van der Waals surface area contributed by atoms with Crippen LogP contribution in [0.1, 0.15) is 10.5 Å². The van der Waals surface area contributed by atoms with Gasteiger partial charge in [0.2, 0.25) is 0 Å². The second-order valence-corrected chi connectivity index (χ2v) is 5.10. The summed E-state index contributed by atoms with van der Waals surface area (Å²) in [4.78, 5) is 37.2. The number of rotatable bonds is 5. The third-order valence-corrected chi connectivity index (χ3v) is 3.24. The summed E-state index contributed by atoms with van der Waals surface area (Å²) in [7, 11) is 0. The van der Waals surface area contributed by atoms with Crippen LogP contribution in [0.25, 0.3) is 10.9 Å². The monoisotopic (exact) mass is 369 g/mol. The maximum Gasteiger partial charge on any atom is 0.354 e. The Bertz CT molecular complexity index is 979. The number of fused-ring (bicyclic) bond motifs is 1. The molecular formula is C18H15N3O6. The molecule has 0 aliphatic rings. The van der Waals surface area contributed by atoms with Crippen LogP contribution in [0.2, 0.25) is 0 Å². The molecule has 0 radical (unpaired) electrons. The van der Waals surface area contributed by atoms with Gasteiger partial charge in [-0.15, -0.1) is 0 Å². The molecular weight excluding hydrogens is 354 g/mol. The van der Waals surface area contributed by atoms with Crippen LogP contribution in [0, 0.1) is 0 Å². The van der Waals surface area contributed by atoms with Crippen molar-refractivity contribution in [3.63, 3.8) is 0 Å². The van der Waals surface area contributed by atoms with Gasteiger partial charge in [0.1, 0.15) is 5.69 Å². The van der Waals surface area contributed by atoms with Crippen LogP contribution in [0.5, 0.6) is 0 Å². The van der Waals surface area contributed by atoms with Gasteiger partial charge in [0.25, 0.3) is 0 Å². The molecule has 5 N–H and O–H groups in total. The number of H-pyrrole nitrogens is 1. The number of aromatic carboxylic acids is 1. The summed E-state index contributed by atoms with van der Waals surface area (Å²) in [6.07, 6.45) is 4.42. The summed E-state index contributed by atoms with van der Waals surface area (Å²) < 4.78 is 0. The molecule has 2 heterocycles. The lowest BCUT2D eigenvalue weighted by atomic mass is 10.2. The van der Waals surface area contributed by atoms with Gasteiger partial charge in [0.15, 0.2) is 0 Å². The Balaban J connectivity index is 0.000000279. The largest absolute Gasteiger partial charge is 0.478 e. The van der Waals surface area contributed by atoms with E-state index in [1.807, 2.05) is 24.3 Å². The first-order chi connectivity index (χ1) is 12.9. The molecule has 1 aromatic carbocycles. The molecule has 0 atom stereocenters. The first-order valence-corrected chi connectivity index (χ1v) is 7.53. The number of nitrogens with zero attached hydrogens (tertiary/aromatic N) is 1. The normalized spacial score (nSPS) is 10.2. The Labute approximate surface area is 152 Å². The van der Waals surface area contributed by atoms with E-state index in [9.17, 15) is 19.5 Å². The Morgan fingerprint density at radius 2 is 1.52 bits per heavy atom. The minimum atomic E-state index is -1.26. The van der Waals surface area contributed by atoms with Crippen LogP contribution in [-0.2, 0) is 9.59 Å². The van der Waals surface area contributed by atoms with Crippen LogP contribution in [-0.4, -0.2) is 43.2 Å². The number of nitrogens with one attached hydrogen (secondary N) is 2. The highest BCUT2D eigenvalue weighted by Crippen LogP contribution is 2.30. The SMILES string of the molecule is O=C(O)/C=C\C(=O)O.O=C(O)c1[nH]c2ccccc2c1Nc1ccncc1. The second kappa shape index (κ2) is 8.81. The molecule has 0 saturated heterocycles. The number of benzene rings is 1. The third kappa shape index (κ3) is 5.43. The number of carbonyl (C=O) groups is 3. The molecule has 138 valence electrons. The number of pyridine rings is 1. The summed E-state index contributed by atoms with van der Waals surface area (Å²) in [6, 6.07) is 11.0. The van der Waals surface area contributed by atoms with Gasteiger partial charge in [-0.2, -0.15) is 0 Å². The van der Waals surface area contributed by atoms with E-state index in [4.69, 9.17) is 10.2 Å². The zero-order valence-electron chi connectivity index (χ0n) is 13.8. The van der Waals surface area contributed by atoms with Crippen molar-refractivity contribution in [1.29, 1.82) is 0 Å². The number of aliphatic carboxylic acids is 2. The number of carboxylic acids is 3. The Kier molecular flexibility index (Phi) is 6.26. The zero-order valence-corrected chi connectivity index (χ0v) is 13.8. The van der Waals surface area contributed by atoms with E-state index in [1.54, 1.807) is 24.5 Å². The summed E-state index contributed by atoms with van der Waals surface area (Å²) in [5.41, 5.74) is 2.30. The molecule has 0 aliphatic heterocycles. The molecule has 0 unspecified atom stereocenters. The van der Waals surface area contributed by atoms with Gasteiger partial charge >= 0.3 is 17.9 Å². The van der Waals surface area contributed by atoms with Gasteiger partial charge < -0.3 is 25.6 Å². The van der Waals surface area contributed by atoms with Crippen LogP contribution in [0.15, 0.2) is 60.9 Å². The van der Waals surface area contributed by atoms with Crippen LogP contribution in [0.4, 0.5) is 11.4 Å². The number of hydrogen-bond acceptors (Lipinski definition) is 5. The highest BCUT2D eigenvalue weighted by Gasteiger charge is 2.16. The molecule has 9 nitrogen and oxygen atoms in total. The van der Waals surface area contributed by atoms with Crippen molar-refractivity contribution in [1.82, 2.24) is 9.97 Å². The summed E-state index contributed by atoms with van der Waals surface area (Å²) in [6.45, 7) is 0. The minimum Gasteiger partial charge on any atom is -0.478 e. The number of aromatic nitrogens is 2. The maximum atomic E-state index is 11.3. The quantitative estimate of drug-likeness (QED) is 0.430. The van der Waals surface area contributed by atoms with Crippen LogP contribution < -0.4 is 5.32 Å². The highest BCUT2D eigenvalue weighted by molar-refractivity contribution is 6.06. The van der Waals surface area contributed by atoms with E-state index in [2.05, 4.69) is 15.3 Å². The van der Waals surface area contributed by atoms with Gasteiger partial charge in [-0.3, -0.25) is 4.98 Å². The van der Waals surface area contributed by atoms with Crippen LogP contribution >= 0.6 is 0 Å². The Morgan fingerprint density at radius 1 is 0.926 bits per heavy atom. The standard InChI is InChI=1S/C14H11N3O2.C4H4O4/c18-14(19)13-12(16-9-5-7-15-8-6-9)10-3-1-2-4-11(10)17-13;5-3(6)1-2-4(7)8/h1-8,17H,(H,15,16)(H,18,19);1-2H,(H,5,6)(H,7,8)/b;2-1-. The van der Waals surface area contributed by atoms with Gasteiger partial charge in [-0.1, -0.05) is 18.2 Å². The number of para-hydroxylation sites is 1. The van der Waals surface area contributed by atoms with E-state index in [0.717, 1.165) is 16.6 Å². The van der Waals surface area contributed by atoms with Crippen molar-refractivity contribution >= 4 is 40.2 Å². The molecule has 0 fully saturated rings. The van der Waals surface area contributed by atoms with Gasteiger partial charge in [0.05, 0.1) is 5.69 Å². The molecule has 9 heteroatoms. The fourth-order valence-corrected chi connectivity index (χ4v) is 2.15. The van der Waals surface area contributed by atoms with Crippen molar-refractivity contribution in [2.24, 2.45) is 0 Å². The Morgan fingerprint density at radius 3 is 2.07 bits per heavy atom. The molecule has 0 bridgehead atoms. The fraction of sp³-hybridized carbons (Fsp3) is 0. The number of hydrogen-bond donors (Lipinski definition) is 5. The molecule has 3 aromatic rings. The summed E-state index contributed by atoms with van der Waals surface area (Å²) in [5.74, 6) is -3.51. The summed E-state index contributed by atoms with van der Waals surface area (Å²) in [5, 5.41) is 28.9. The maximum absolute atomic E-state index is 11.3. The Hall–Kier alpha value is -4.14. The van der Waals surface area contributed by atoms with Crippen molar-refractivity contribution in [3.8, 4) is 0 Å². The molecule has 0 amide bonds. The molecule has 27 heavy (non-hydrogen) atoms.